The molecule has 0 bridgehead atoms. The van der Waals surface area contributed by atoms with Crippen LogP contribution in [0.2, 0.25) is 0 Å². The van der Waals surface area contributed by atoms with Crippen LogP contribution in [0.1, 0.15) is 6.92 Å². The minimum atomic E-state index is 0.657. The molecule has 4 nitrogen and oxygen atoms in total. The summed E-state index contributed by atoms with van der Waals surface area (Å²) < 4.78 is 8.03. The number of anilines is 1. The number of halogens is 1. The van der Waals surface area contributed by atoms with E-state index in [0.717, 1.165) is 15.0 Å². The summed E-state index contributed by atoms with van der Waals surface area (Å²) >= 11 is 2.16. The van der Waals surface area contributed by atoms with Crippen LogP contribution >= 0.6 is 22.6 Å². The summed E-state index contributed by atoms with van der Waals surface area (Å²) in [5.74, 6) is 1.51. The van der Waals surface area contributed by atoms with Gasteiger partial charge >= 0.3 is 0 Å². The van der Waals surface area contributed by atoms with Gasteiger partial charge in [-0.05, 0) is 53.8 Å². The molecule has 0 aliphatic heterocycles. The second-order valence-electron chi connectivity index (χ2n) is 3.22. The zero-order valence-electron chi connectivity index (χ0n) is 8.85. The van der Waals surface area contributed by atoms with Crippen molar-refractivity contribution in [2.75, 3.05) is 12.3 Å². The molecule has 5 heteroatoms. The second kappa shape index (κ2) is 4.73. The van der Waals surface area contributed by atoms with Gasteiger partial charge in [-0.15, -0.1) is 0 Å². The monoisotopic (exact) mass is 329 g/mol. The van der Waals surface area contributed by atoms with Gasteiger partial charge in [-0.3, -0.25) is 0 Å². The van der Waals surface area contributed by atoms with Gasteiger partial charge in [0, 0.05) is 0 Å². The number of rotatable bonds is 3. The molecule has 0 saturated heterocycles. The average molecular weight is 329 g/mol. The highest BCUT2D eigenvalue weighted by Crippen LogP contribution is 2.20. The van der Waals surface area contributed by atoms with E-state index >= 15 is 0 Å². The molecule has 1 aromatic carbocycles. The second-order valence-corrected chi connectivity index (χ2v) is 4.38. The van der Waals surface area contributed by atoms with Crippen molar-refractivity contribution in [1.82, 2.24) is 9.78 Å². The fraction of sp³-hybridized carbons (Fsp3) is 0.182. The molecule has 2 rings (SSSR count). The standard InChI is InChI=1S/C11H12IN3O/c1-2-16-9-5-3-8(4-6-9)15-11(13)10(12)7-14-15/h3-7H,2,13H2,1H3. The molecule has 1 aromatic heterocycles. The minimum Gasteiger partial charge on any atom is -0.494 e. The molecular weight excluding hydrogens is 317 g/mol. The van der Waals surface area contributed by atoms with Crippen molar-refractivity contribution in [2.45, 2.75) is 6.92 Å². The zero-order valence-corrected chi connectivity index (χ0v) is 11.0. The number of hydrogen-bond donors (Lipinski definition) is 1. The van der Waals surface area contributed by atoms with Crippen molar-refractivity contribution in [2.24, 2.45) is 0 Å². The molecule has 0 aliphatic carbocycles. The predicted octanol–water partition coefficient (Wildman–Crippen LogP) is 2.46. The number of ether oxygens (including phenoxy) is 1. The molecule has 0 amide bonds. The van der Waals surface area contributed by atoms with Gasteiger partial charge < -0.3 is 10.5 Å². The van der Waals surface area contributed by atoms with E-state index in [4.69, 9.17) is 10.5 Å². The summed E-state index contributed by atoms with van der Waals surface area (Å²) in [6.45, 7) is 2.63. The summed E-state index contributed by atoms with van der Waals surface area (Å²) in [6, 6.07) is 7.69. The molecule has 1 heterocycles. The lowest BCUT2D eigenvalue weighted by Gasteiger charge is -2.06. The maximum absolute atomic E-state index is 5.89. The first-order chi connectivity index (χ1) is 7.72. The van der Waals surface area contributed by atoms with E-state index in [0.29, 0.717) is 12.4 Å². The maximum Gasteiger partial charge on any atom is 0.140 e. The fourth-order valence-electron chi connectivity index (χ4n) is 1.39. The summed E-state index contributed by atoms with van der Waals surface area (Å²) in [4.78, 5) is 0. The molecule has 2 N–H and O–H groups in total. The molecule has 0 radical (unpaired) electrons. The third kappa shape index (κ3) is 2.13. The van der Waals surface area contributed by atoms with Crippen LogP contribution in [0.4, 0.5) is 5.82 Å². The Morgan fingerprint density at radius 2 is 2.06 bits per heavy atom. The Morgan fingerprint density at radius 1 is 1.38 bits per heavy atom. The SMILES string of the molecule is CCOc1ccc(-n2ncc(I)c2N)cc1. The lowest BCUT2D eigenvalue weighted by Crippen LogP contribution is -2.02. The smallest absolute Gasteiger partial charge is 0.140 e. The van der Waals surface area contributed by atoms with Crippen molar-refractivity contribution in [3.05, 3.63) is 34.0 Å². The fourth-order valence-corrected chi connectivity index (χ4v) is 1.75. The molecule has 2 aromatic rings. The number of benzene rings is 1. The lowest BCUT2D eigenvalue weighted by atomic mass is 10.3. The Labute approximate surface area is 108 Å². The highest BCUT2D eigenvalue weighted by atomic mass is 127. The number of nitrogens with zero attached hydrogens (tertiary/aromatic N) is 2. The van der Waals surface area contributed by atoms with Gasteiger partial charge in [-0.25, -0.2) is 4.68 Å². The van der Waals surface area contributed by atoms with E-state index in [2.05, 4.69) is 27.7 Å². The van der Waals surface area contributed by atoms with E-state index in [1.54, 1.807) is 10.9 Å². The van der Waals surface area contributed by atoms with Gasteiger partial charge in [0.15, 0.2) is 0 Å². The molecule has 0 fully saturated rings. The Kier molecular flexibility index (Phi) is 3.33. The largest absolute Gasteiger partial charge is 0.494 e. The summed E-state index contributed by atoms with van der Waals surface area (Å²) in [7, 11) is 0. The van der Waals surface area contributed by atoms with Crippen molar-refractivity contribution in [1.29, 1.82) is 0 Å². The number of nitrogens with two attached hydrogens (primary N) is 1. The first-order valence-corrected chi connectivity index (χ1v) is 6.02. The molecular formula is C11H12IN3O. The third-order valence-corrected chi connectivity index (χ3v) is 2.98. The first-order valence-electron chi connectivity index (χ1n) is 4.94. The van der Waals surface area contributed by atoms with Crippen LogP contribution in [-0.4, -0.2) is 16.4 Å². The summed E-state index contributed by atoms with van der Waals surface area (Å²) in [6.07, 6.45) is 1.74. The van der Waals surface area contributed by atoms with Crippen LogP contribution < -0.4 is 10.5 Å². The van der Waals surface area contributed by atoms with Crippen molar-refractivity contribution < 1.29 is 4.74 Å². The Hall–Kier alpha value is -1.24. The summed E-state index contributed by atoms with van der Waals surface area (Å²) in [5.41, 5.74) is 6.83. The van der Waals surface area contributed by atoms with Gasteiger partial charge in [-0.2, -0.15) is 5.10 Å². The number of nitrogen functional groups attached to an aromatic ring is 1. The van der Waals surface area contributed by atoms with Crippen LogP contribution in [0.25, 0.3) is 5.69 Å². The highest BCUT2D eigenvalue weighted by molar-refractivity contribution is 14.1. The quantitative estimate of drug-likeness (QED) is 0.880. The number of hydrogen-bond acceptors (Lipinski definition) is 3. The van der Waals surface area contributed by atoms with Crippen LogP contribution in [0.5, 0.6) is 5.75 Å². The van der Waals surface area contributed by atoms with Crippen LogP contribution in [-0.2, 0) is 0 Å². The van der Waals surface area contributed by atoms with E-state index < -0.39 is 0 Å². The van der Waals surface area contributed by atoms with Crippen molar-refractivity contribution in [3.8, 4) is 11.4 Å². The van der Waals surface area contributed by atoms with Crippen molar-refractivity contribution in [3.63, 3.8) is 0 Å². The van der Waals surface area contributed by atoms with Gasteiger partial charge in [0.05, 0.1) is 22.1 Å². The molecule has 0 saturated carbocycles. The van der Waals surface area contributed by atoms with Gasteiger partial charge in [0.2, 0.25) is 0 Å². The molecule has 0 atom stereocenters. The normalized spacial score (nSPS) is 10.4. The van der Waals surface area contributed by atoms with Crippen LogP contribution in [0.15, 0.2) is 30.5 Å². The first kappa shape index (κ1) is 11.3. The molecule has 0 aliphatic rings. The molecule has 84 valence electrons. The van der Waals surface area contributed by atoms with E-state index in [1.807, 2.05) is 31.2 Å². The van der Waals surface area contributed by atoms with Crippen molar-refractivity contribution >= 4 is 28.4 Å². The third-order valence-electron chi connectivity index (χ3n) is 2.15. The zero-order chi connectivity index (χ0) is 11.5. The van der Waals surface area contributed by atoms with Crippen LogP contribution in [0.3, 0.4) is 0 Å². The Balaban J connectivity index is 2.31. The molecule has 0 spiro atoms. The van der Waals surface area contributed by atoms with Gasteiger partial charge in [0.25, 0.3) is 0 Å². The van der Waals surface area contributed by atoms with Gasteiger partial charge in [-0.1, -0.05) is 0 Å². The van der Waals surface area contributed by atoms with Gasteiger partial charge in [0.1, 0.15) is 11.6 Å². The maximum atomic E-state index is 5.89. The molecule has 16 heavy (non-hydrogen) atoms. The van der Waals surface area contributed by atoms with E-state index in [-0.39, 0.29) is 0 Å². The van der Waals surface area contributed by atoms with E-state index in [9.17, 15) is 0 Å². The topological polar surface area (TPSA) is 53.1 Å². The Bertz CT molecular complexity index is 478. The molecule has 0 unspecified atom stereocenters. The lowest BCUT2D eigenvalue weighted by molar-refractivity contribution is 0.340. The predicted molar refractivity (Wildman–Crippen MR) is 71.9 cm³/mol. The average Bonchev–Trinajstić information content (AvgIpc) is 2.62. The summed E-state index contributed by atoms with van der Waals surface area (Å²) in [5, 5.41) is 4.20. The minimum absolute atomic E-state index is 0.657. The Morgan fingerprint density at radius 3 is 2.56 bits per heavy atom. The van der Waals surface area contributed by atoms with Crippen LogP contribution in [0, 0.1) is 3.57 Å². The van der Waals surface area contributed by atoms with E-state index in [1.165, 1.54) is 0 Å². The number of aromatic nitrogens is 2. The highest BCUT2D eigenvalue weighted by Gasteiger charge is 2.06.